The highest BCUT2D eigenvalue weighted by Crippen LogP contribution is 2.31. The normalized spacial score (nSPS) is 10.8. The third kappa shape index (κ3) is 4.24. The zero-order valence-electron chi connectivity index (χ0n) is 13.7. The van der Waals surface area contributed by atoms with Crippen molar-refractivity contribution in [2.24, 2.45) is 0 Å². The molecule has 0 radical (unpaired) electrons. The van der Waals surface area contributed by atoms with Crippen molar-refractivity contribution < 1.29 is 4.79 Å². The molecule has 24 heavy (non-hydrogen) atoms. The van der Waals surface area contributed by atoms with Gasteiger partial charge in [0.05, 0.1) is 5.52 Å². The monoisotopic (exact) mass is 335 g/mol. The van der Waals surface area contributed by atoms with Gasteiger partial charge in [0, 0.05) is 28.5 Å². The van der Waals surface area contributed by atoms with Crippen molar-refractivity contribution in [2.75, 3.05) is 5.75 Å². The van der Waals surface area contributed by atoms with Gasteiger partial charge in [0.1, 0.15) is 6.29 Å². The topological polar surface area (TPSA) is 30.0 Å². The second kappa shape index (κ2) is 8.65. The van der Waals surface area contributed by atoms with Crippen molar-refractivity contribution in [3.63, 3.8) is 0 Å². The molecule has 3 rings (SSSR count). The molecule has 122 valence electrons. The van der Waals surface area contributed by atoms with Crippen molar-refractivity contribution >= 4 is 29.0 Å². The van der Waals surface area contributed by atoms with Gasteiger partial charge in [0.2, 0.25) is 0 Å². The van der Waals surface area contributed by atoms with Gasteiger partial charge in [-0.25, -0.2) is 0 Å². The van der Waals surface area contributed by atoms with E-state index in [0.717, 1.165) is 42.4 Å². The fourth-order valence-electron chi connectivity index (χ4n) is 2.72. The molecule has 0 N–H and O–H groups in total. The molecule has 1 heterocycles. The minimum atomic E-state index is 0.684. The Bertz CT molecular complexity index is 801. The van der Waals surface area contributed by atoms with Crippen LogP contribution in [0.1, 0.15) is 25.7 Å². The summed E-state index contributed by atoms with van der Waals surface area (Å²) in [6, 6.07) is 18.9. The summed E-state index contributed by atoms with van der Waals surface area (Å²) in [5, 5.41) is 1.22. The van der Waals surface area contributed by atoms with Crippen LogP contribution in [-0.4, -0.2) is 17.0 Å². The number of unbranched alkanes of at least 4 members (excludes halogenated alkanes) is 3. The van der Waals surface area contributed by atoms with Crippen molar-refractivity contribution in [1.29, 1.82) is 0 Å². The zero-order valence-corrected chi connectivity index (χ0v) is 14.5. The Balaban J connectivity index is 1.76. The molecular weight excluding hydrogens is 314 g/mol. The van der Waals surface area contributed by atoms with E-state index in [2.05, 4.69) is 53.5 Å². The number of hydrogen-bond donors (Lipinski definition) is 0. The fraction of sp³-hybridized carbons (Fsp3) is 0.238. The van der Waals surface area contributed by atoms with Crippen LogP contribution in [0.4, 0.5) is 0 Å². The maximum absolute atomic E-state index is 10.3. The van der Waals surface area contributed by atoms with Crippen LogP contribution in [0.25, 0.3) is 22.0 Å². The van der Waals surface area contributed by atoms with Crippen LogP contribution >= 0.6 is 11.8 Å². The summed E-state index contributed by atoms with van der Waals surface area (Å²) in [6.07, 6.45) is 6.90. The van der Waals surface area contributed by atoms with Crippen molar-refractivity contribution in [3.8, 4) is 11.1 Å². The highest BCUT2D eigenvalue weighted by atomic mass is 32.2. The maximum atomic E-state index is 10.3. The summed E-state index contributed by atoms with van der Waals surface area (Å²) in [6.45, 7) is 0. The van der Waals surface area contributed by atoms with Gasteiger partial charge in [-0.3, -0.25) is 4.98 Å². The zero-order chi connectivity index (χ0) is 16.6. The van der Waals surface area contributed by atoms with Crippen LogP contribution in [-0.2, 0) is 4.79 Å². The molecule has 0 bridgehead atoms. The maximum Gasteiger partial charge on any atom is 0.119 e. The van der Waals surface area contributed by atoms with Gasteiger partial charge in [0.15, 0.2) is 0 Å². The number of aldehydes is 1. The Labute approximate surface area is 147 Å². The number of carbonyl (C=O) groups excluding carboxylic acids is 1. The summed E-state index contributed by atoms with van der Waals surface area (Å²) in [5.41, 5.74) is 3.39. The Hall–Kier alpha value is -2.13. The lowest BCUT2D eigenvalue weighted by atomic mass is 10.1. The third-order valence-corrected chi connectivity index (χ3v) is 5.18. The molecule has 2 aromatic carbocycles. The lowest BCUT2D eigenvalue weighted by Crippen LogP contribution is -1.87. The number of fused-ring (bicyclic) bond motifs is 1. The first kappa shape index (κ1) is 16.7. The fourth-order valence-corrected chi connectivity index (χ4v) is 3.79. The smallest absolute Gasteiger partial charge is 0.119 e. The van der Waals surface area contributed by atoms with Gasteiger partial charge in [-0.1, -0.05) is 42.8 Å². The molecule has 0 spiro atoms. The lowest BCUT2D eigenvalue weighted by Gasteiger charge is -2.08. The van der Waals surface area contributed by atoms with Gasteiger partial charge in [-0.15, -0.1) is 11.8 Å². The second-order valence-electron chi connectivity index (χ2n) is 5.78. The number of thioether (sulfide) groups is 1. The van der Waals surface area contributed by atoms with Crippen molar-refractivity contribution in [2.45, 2.75) is 30.6 Å². The molecule has 2 nitrogen and oxygen atoms in total. The van der Waals surface area contributed by atoms with Gasteiger partial charge >= 0.3 is 0 Å². The molecule has 0 saturated heterocycles. The van der Waals surface area contributed by atoms with Crippen LogP contribution in [0.3, 0.4) is 0 Å². The number of aromatic nitrogens is 1. The highest BCUT2D eigenvalue weighted by molar-refractivity contribution is 7.99. The minimum absolute atomic E-state index is 0.684. The number of benzene rings is 2. The third-order valence-electron chi connectivity index (χ3n) is 4.02. The van der Waals surface area contributed by atoms with Gasteiger partial charge < -0.3 is 4.79 Å². The number of hydrogen-bond acceptors (Lipinski definition) is 3. The van der Waals surface area contributed by atoms with Crippen LogP contribution in [0.15, 0.2) is 65.7 Å². The molecule has 0 fully saturated rings. The molecular formula is C21H21NOS. The van der Waals surface area contributed by atoms with Crippen LogP contribution in [0.5, 0.6) is 0 Å². The summed E-state index contributed by atoms with van der Waals surface area (Å²) < 4.78 is 0. The average Bonchev–Trinajstić information content (AvgIpc) is 2.65. The van der Waals surface area contributed by atoms with E-state index >= 15 is 0 Å². The number of carbonyl (C=O) groups is 1. The molecule has 0 aliphatic carbocycles. The van der Waals surface area contributed by atoms with Gasteiger partial charge in [0.25, 0.3) is 0 Å². The van der Waals surface area contributed by atoms with Crippen LogP contribution in [0.2, 0.25) is 0 Å². The minimum Gasteiger partial charge on any atom is -0.303 e. The molecule has 0 unspecified atom stereocenters. The average molecular weight is 335 g/mol. The van der Waals surface area contributed by atoms with E-state index < -0.39 is 0 Å². The summed E-state index contributed by atoms with van der Waals surface area (Å²) in [7, 11) is 0. The summed E-state index contributed by atoms with van der Waals surface area (Å²) in [4.78, 5) is 16.3. The van der Waals surface area contributed by atoms with E-state index in [4.69, 9.17) is 0 Å². The van der Waals surface area contributed by atoms with E-state index in [1.807, 2.05) is 24.0 Å². The van der Waals surface area contributed by atoms with Gasteiger partial charge in [-0.05, 0) is 42.4 Å². The highest BCUT2D eigenvalue weighted by Gasteiger charge is 2.05. The SMILES string of the molecule is O=CCCCCCSc1cccc2ncc(-c3ccccc3)cc12. The first-order chi connectivity index (χ1) is 11.9. The lowest BCUT2D eigenvalue weighted by molar-refractivity contribution is -0.107. The molecule has 0 atom stereocenters. The summed E-state index contributed by atoms with van der Waals surface area (Å²) >= 11 is 1.88. The molecule has 0 amide bonds. The van der Waals surface area contributed by atoms with Crippen molar-refractivity contribution in [3.05, 3.63) is 60.8 Å². The number of nitrogens with zero attached hydrogens (tertiary/aromatic N) is 1. The largest absolute Gasteiger partial charge is 0.303 e. The Morgan fingerprint density at radius 3 is 2.62 bits per heavy atom. The molecule has 0 aliphatic rings. The molecule has 3 aromatic rings. The first-order valence-corrected chi connectivity index (χ1v) is 9.37. The molecule has 0 saturated carbocycles. The summed E-state index contributed by atoms with van der Waals surface area (Å²) in [5.74, 6) is 1.08. The van der Waals surface area contributed by atoms with Crippen molar-refractivity contribution in [1.82, 2.24) is 4.98 Å². The van der Waals surface area contributed by atoms with Crippen LogP contribution in [0, 0.1) is 0 Å². The Morgan fingerprint density at radius 1 is 0.917 bits per heavy atom. The second-order valence-corrected chi connectivity index (χ2v) is 6.91. The first-order valence-electron chi connectivity index (χ1n) is 8.39. The van der Waals surface area contributed by atoms with E-state index in [9.17, 15) is 4.79 Å². The van der Waals surface area contributed by atoms with E-state index in [-0.39, 0.29) is 0 Å². The van der Waals surface area contributed by atoms with E-state index in [1.54, 1.807) is 0 Å². The Morgan fingerprint density at radius 2 is 1.79 bits per heavy atom. The van der Waals surface area contributed by atoms with E-state index in [1.165, 1.54) is 15.8 Å². The van der Waals surface area contributed by atoms with Crippen LogP contribution < -0.4 is 0 Å². The standard InChI is InChI=1S/C21H21NOS/c23-13-6-1-2-7-14-24-21-12-8-11-20-19(21)15-18(16-22-20)17-9-4-3-5-10-17/h3-5,8-13,15-16H,1-2,6-7,14H2. The number of rotatable bonds is 8. The molecule has 1 aromatic heterocycles. The predicted octanol–water partition coefficient (Wildman–Crippen LogP) is 5.75. The van der Waals surface area contributed by atoms with E-state index in [0.29, 0.717) is 6.42 Å². The molecule has 0 aliphatic heterocycles. The predicted molar refractivity (Wildman–Crippen MR) is 102 cm³/mol. The van der Waals surface area contributed by atoms with Gasteiger partial charge in [-0.2, -0.15) is 0 Å². The number of pyridine rings is 1. The quantitative estimate of drug-likeness (QED) is 0.298. The molecule has 3 heteroatoms. The Kier molecular flexibility index (Phi) is 6.02.